The molecule has 0 atom stereocenters. The van der Waals surface area contributed by atoms with E-state index in [4.69, 9.17) is 32.9 Å². The molecular formula is C38H35Cl2N7O3. The molecule has 1 N–H and O–H groups in total. The largest absolute Gasteiger partial charge is 0.497 e. The van der Waals surface area contributed by atoms with Crippen LogP contribution in [0.1, 0.15) is 12.8 Å². The summed E-state index contributed by atoms with van der Waals surface area (Å²) in [5.41, 5.74) is 4.95. The standard InChI is InChI=1S/C38H35Cl2N7O3/c1-50-28-21-25-3-2-12-44-38(25)35(24-28)47(34-9-14-43-33-23-27(40)5-7-30(33)34)16-11-37(49)46-19-17-45(18-20-46)36(48)10-15-41-31-8-13-42-32-22-26(39)4-6-29(31)32/h2-9,12-14,21-24H,10-11,15-20H2,1H3,(H,41,42). The van der Waals surface area contributed by atoms with Gasteiger partial charge in [0.15, 0.2) is 0 Å². The Balaban J connectivity index is 1.02. The normalized spacial score (nSPS) is 13.2. The molecule has 12 heteroatoms. The molecule has 0 bridgehead atoms. The molecule has 2 amide bonds. The Morgan fingerprint density at radius 2 is 1.42 bits per heavy atom. The number of rotatable bonds is 10. The van der Waals surface area contributed by atoms with Gasteiger partial charge in [-0.2, -0.15) is 0 Å². The summed E-state index contributed by atoms with van der Waals surface area (Å²) in [4.78, 5) is 46.2. The lowest BCUT2D eigenvalue weighted by Crippen LogP contribution is -2.51. The van der Waals surface area contributed by atoms with Crippen molar-refractivity contribution in [3.05, 3.63) is 101 Å². The SMILES string of the molecule is COc1cc(N(CCC(=O)N2CCN(C(=O)CCNc3ccnc4cc(Cl)ccc34)CC2)c2ccnc3cc(Cl)ccc23)c2ncccc2c1. The second kappa shape index (κ2) is 14.7. The van der Waals surface area contributed by atoms with Crippen molar-refractivity contribution < 1.29 is 14.3 Å². The lowest BCUT2D eigenvalue weighted by atomic mass is 10.1. The first-order chi connectivity index (χ1) is 24.4. The van der Waals surface area contributed by atoms with Gasteiger partial charge in [-0.1, -0.05) is 29.3 Å². The molecule has 1 saturated heterocycles. The number of aromatic nitrogens is 3. The van der Waals surface area contributed by atoms with Crippen LogP contribution in [0, 0.1) is 0 Å². The van der Waals surface area contributed by atoms with Gasteiger partial charge in [-0.3, -0.25) is 24.5 Å². The Morgan fingerprint density at radius 1 is 0.760 bits per heavy atom. The van der Waals surface area contributed by atoms with Crippen molar-refractivity contribution in [2.24, 2.45) is 0 Å². The van der Waals surface area contributed by atoms with E-state index in [-0.39, 0.29) is 18.2 Å². The van der Waals surface area contributed by atoms with Gasteiger partial charge in [0, 0.05) is 109 Å². The van der Waals surface area contributed by atoms with Gasteiger partial charge in [-0.15, -0.1) is 0 Å². The van der Waals surface area contributed by atoms with Crippen LogP contribution in [0.4, 0.5) is 17.1 Å². The first-order valence-corrected chi connectivity index (χ1v) is 17.2. The van der Waals surface area contributed by atoms with E-state index in [9.17, 15) is 9.59 Å². The van der Waals surface area contributed by atoms with Crippen LogP contribution in [-0.2, 0) is 9.59 Å². The van der Waals surface area contributed by atoms with Gasteiger partial charge in [0.2, 0.25) is 11.8 Å². The molecular weight excluding hydrogens is 673 g/mol. The first-order valence-electron chi connectivity index (χ1n) is 16.5. The highest BCUT2D eigenvalue weighted by atomic mass is 35.5. The molecule has 1 fully saturated rings. The third kappa shape index (κ3) is 7.08. The maximum Gasteiger partial charge on any atom is 0.224 e. The molecule has 0 radical (unpaired) electrons. The van der Waals surface area contributed by atoms with Crippen LogP contribution < -0.4 is 15.0 Å². The minimum atomic E-state index is 0.0231. The zero-order valence-corrected chi connectivity index (χ0v) is 29.0. The van der Waals surface area contributed by atoms with Gasteiger partial charge in [0.1, 0.15) is 5.75 Å². The minimum absolute atomic E-state index is 0.0231. The topological polar surface area (TPSA) is 104 Å². The van der Waals surface area contributed by atoms with E-state index in [1.165, 1.54) is 0 Å². The fourth-order valence-electron chi connectivity index (χ4n) is 6.49. The number of hydrogen-bond acceptors (Lipinski definition) is 8. The molecule has 10 nitrogen and oxygen atoms in total. The summed E-state index contributed by atoms with van der Waals surface area (Å²) in [6, 6.07) is 22.8. The highest BCUT2D eigenvalue weighted by Gasteiger charge is 2.26. The molecule has 3 aromatic carbocycles. The lowest BCUT2D eigenvalue weighted by Gasteiger charge is -2.35. The van der Waals surface area contributed by atoms with Crippen molar-refractivity contribution in [1.29, 1.82) is 0 Å². The third-order valence-electron chi connectivity index (χ3n) is 9.05. The number of carbonyl (C=O) groups excluding carboxylic acids is 2. The van der Waals surface area contributed by atoms with E-state index >= 15 is 0 Å². The van der Waals surface area contributed by atoms with E-state index in [1.807, 2.05) is 82.6 Å². The Kier molecular flexibility index (Phi) is 9.82. The number of fused-ring (bicyclic) bond motifs is 3. The van der Waals surface area contributed by atoms with Crippen molar-refractivity contribution in [1.82, 2.24) is 24.8 Å². The van der Waals surface area contributed by atoms with Crippen LogP contribution in [0.3, 0.4) is 0 Å². The van der Waals surface area contributed by atoms with Crippen LogP contribution in [0.2, 0.25) is 10.0 Å². The van der Waals surface area contributed by atoms with Crippen molar-refractivity contribution in [2.75, 3.05) is 56.6 Å². The van der Waals surface area contributed by atoms with Crippen LogP contribution in [-0.4, -0.2) is 82.9 Å². The fraction of sp³-hybridized carbons (Fsp3) is 0.237. The summed E-state index contributed by atoms with van der Waals surface area (Å²) in [6.45, 7) is 2.82. The summed E-state index contributed by atoms with van der Waals surface area (Å²) < 4.78 is 5.67. The van der Waals surface area contributed by atoms with Crippen LogP contribution in [0.5, 0.6) is 5.75 Å². The lowest BCUT2D eigenvalue weighted by molar-refractivity contribution is -0.139. The maximum absolute atomic E-state index is 13.7. The molecule has 254 valence electrons. The van der Waals surface area contributed by atoms with Gasteiger partial charge in [-0.05, 0) is 60.7 Å². The van der Waals surface area contributed by atoms with E-state index in [0.717, 1.165) is 49.8 Å². The summed E-state index contributed by atoms with van der Waals surface area (Å²) in [5, 5.41) is 7.37. The number of nitrogens with zero attached hydrogens (tertiary/aromatic N) is 6. The van der Waals surface area contributed by atoms with Gasteiger partial charge in [0.05, 0.1) is 35.0 Å². The van der Waals surface area contributed by atoms with Crippen molar-refractivity contribution >= 4 is 84.8 Å². The molecule has 6 aromatic rings. The van der Waals surface area contributed by atoms with E-state index in [2.05, 4.69) is 20.2 Å². The van der Waals surface area contributed by atoms with E-state index in [1.54, 1.807) is 25.7 Å². The summed E-state index contributed by atoms with van der Waals surface area (Å²) in [6.07, 6.45) is 5.84. The Labute approximate surface area is 299 Å². The summed E-state index contributed by atoms with van der Waals surface area (Å²) in [5.74, 6) is 0.766. The summed E-state index contributed by atoms with van der Waals surface area (Å²) >= 11 is 12.4. The Bertz CT molecular complexity index is 2210. The number of anilines is 3. The third-order valence-corrected chi connectivity index (χ3v) is 9.52. The maximum atomic E-state index is 13.7. The second-order valence-electron chi connectivity index (χ2n) is 12.1. The summed E-state index contributed by atoms with van der Waals surface area (Å²) in [7, 11) is 1.64. The van der Waals surface area contributed by atoms with Crippen LogP contribution in [0.25, 0.3) is 32.7 Å². The first kappa shape index (κ1) is 33.3. The average Bonchev–Trinajstić information content (AvgIpc) is 3.14. The quantitative estimate of drug-likeness (QED) is 0.158. The zero-order chi connectivity index (χ0) is 34.6. The number of hydrogen-bond donors (Lipinski definition) is 1. The molecule has 7 rings (SSSR count). The number of piperazine rings is 1. The molecule has 4 heterocycles. The minimum Gasteiger partial charge on any atom is -0.497 e. The second-order valence-corrected chi connectivity index (χ2v) is 12.9. The number of carbonyl (C=O) groups is 2. The number of halogens is 2. The van der Waals surface area contributed by atoms with Crippen molar-refractivity contribution in [3.8, 4) is 5.75 Å². The molecule has 1 aliphatic rings. The monoisotopic (exact) mass is 707 g/mol. The molecule has 3 aromatic heterocycles. The van der Waals surface area contributed by atoms with Gasteiger partial charge >= 0.3 is 0 Å². The molecule has 0 unspecified atom stereocenters. The number of pyridine rings is 3. The van der Waals surface area contributed by atoms with E-state index < -0.39 is 0 Å². The number of ether oxygens (including phenoxy) is 1. The average molecular weight is 709 g/mol. The Hall–Kier alpha value is -5.19. The number of nitrogens with one attached hydrogen (secondary N) is 1. The van der Waals surface area contributed by atoms with E-state index in [0.29, 0.717) is 61.5 Å². The van der Waals surface area contributed by atoms with Crippen LogP contribution in [0.15, 0.2) is 91.4 Å². The molecule has 0 saturated carbocycles. The number of amides is 2. The number of methoxy groups -OCH3 is 1. The molecule has 50 heavy (non-hydrogen) atoms. The highest BCUT2D eigenvalue weighted by Crippen LogP contribution is 2.38. The van der Waals surface area contributed by atoms with Crippen LogP contribution >= 0.6 is 23.2 Å². The highest BCUT2D eigenvalue weighted by molar-refractivity contribution is 6.31. The smallest absolute Gasteiger partial charge is 0.224 e. The predicted molar refractivity (Wildman–Crippen MR) is 200 cm³/mol. The van der Waals surface area contributed by atoms with Gasteiger partial charge in [-0.25, -0.2) is 0 Å². The fourth-order valence-corrected chi connectivity index (χ4v) is 6.82. The Morgan fingerprint density at radius 3 is 2.14 bits per heavy atom. The van der Waals surface area contributed by atoms with Crippen molar-refractivity contribution in [3.63, 3.8) is 0 Å². The zero-order valence-electron chi connectivity index (χ0n) is 27.5. The predicted octanol–water partition coefficient (Wildman–Crippen LogP) is 7.35. The number of benzene rings is 3. The van der Waals surface area contributed by atoms with Crippen molar-refractivity contribution in [2.45, 2.75) is 12.8 Å². The molecule has 0 spiro atoms. The van der Waals surface area contributed by atoms with Gasteiger partial charge in [0.25, 0.3) is 0 Å². The molecule has 0 aliphatic carbocycles. The molecule has 1 aliphatic heterocycles. The van der Waals surface area contributed by atoms with Gasteiger partial charge < -0.3 is 24.8 Å².